The molecule has 26 heavy (non-hydrogen) atoms. The molecule has 3 heteroatoms. The zero-order valence-corrected chi connectivity index (χ0v) is 16.3. The van der Waals surface area contributed by atoms with Gasteiger partial charge in [0.05, 0.1) is 24.2 Å². The van der Waals surface area contributed by atoms with Crippen LogP contribution in [0.2, 0.25) is 0 Å². The molecule has 1 aliphatic rings. The molecule has 0 amide bonds. The molecule has 0 spiro atoms. The fraction of sp³-hybridized carbons (Fsp3) is 0.565. The van der Waals surface area contributed by atoms with E-state index in [2.05, 4.69) is 29.0 Å². The number of ether oxygens (including phenoxy) is 1. The first-order chi connectivity index (χ1) is 12.8. The number of aryl methyl sites for hydroxylation is 1. The van der Waals surface area contributed by atoms with Crippen LogP contribution in [0.4, 0.5) is 0 Å². The van der Waals surface area contributed by atoms with E-state index in [-0.39, 0.29) is 0 Å². The minimum atomic E-state index is 0.818. The van der Waals surface area contributed by atoms with Gasteiger partial charge >= 0.3 is 0 Å². The van der Waals surface area contributed by atoms with Crippen molar-refractivity contribution in [3.8, 4) is 17.0 Å². The van der Waals surface area contributed by atoms with Gasteiger partial charge < -0.3 is 4.74 Å². The van der Waals surface area contributed by atoms with E-state index in [9.17, 15) is 0 Å². The molecule has 1 saturated carbocycles. The van der Waals surface area contributed by atoms with E-state index in [0.29, 0.717) is 0 Å². The third kappa shape index (κ3) is 5.30. The lowest BCUT2D eigenvalue weighted by Crippen LogP contribution is -2.20. The zero-order chi connectivity index (χ0) is 18.2. The van der Waals surface area contributed by atoms with Crippen LogP contribution in [0, 0.1) is 18.8 Å². The Morgan fingerprint density at radius 3 is 2.35 bits per heavy atom. The quantitative estimate of drug-likeness (QED) is 0.529. The predicted octanol–water partition coefficient (Wildman–Crippen LogP) is 6.22. The number of nitrogens with zero attached hydrogens (tertiary/aromatic N) is 2. The largest absolute Gasteiger partial charge is 0.494 e. The van der Waals surface area contributed by atoms with Crippen molar-refractivity contribution >= 4 is 0 Å². The normalized spacial score (nSPS) is 20.1. The van der Waals surface area contributed by atoms with Crippen molar-refractivity contribution in [3.63, 3.8) is 0 Å². The molecule has 140 valence electrons. The van der Waals surface area contributed by atoms with Crippen molar-refractivity contribution in [2.45, 2.75) is 65.2 Å². The number of hydrogen-bond donors (Lipinski definition) is 0. The maximum atomic E-state index is 5.97. The molecule has 0 aliphatic heterocycles. The summed E-state index contributed by atoms with van der Waals surface area (Å²) in [6, 6.07) is 8.20. The summed E-state index contributed by atoms with van der Waals surface area (Å²) < 4.78 is 5.97. The summed E-state index contributed by atoms with van der Waals surface area (Å²) in [5, 5.41) is 0. The number of aromatic nitrogens is 2. The third-order valence-corrected chi connectivity index (χ3v) is 5.64. The van der Waals surface area contributed by atoms with Crippen LogP contribution in [-0.2, 0) is 0 Å². The summed E-state index contributed by atoms with van der Waals surface area (Å²) in [4.78, 5) is 8.73. The van der Waals surface area contributed by atoms with E-state index in [1.165, 1.54) is 44.9 Å². The zero-order valence-electron chi connectivity index (χ0n) is 16.3. The molecule has 2 atom stereocenters. The number of hydrogen-bond acceptors (Lipinski definition) is 3. The summed E-state index contributed by atoms with van der Waals surface area (Å²) in [5.74, 6) is 2.83. The Kier molecular flexibility index (Phi) is 7.04. The molecule has 0 bridgehead atoms. The lowest BCUT2D eigenvalue weighted by atomic mass is 9.75. The van der Waals surface area contributed by atoms with Crippen molar-refractivity contribution in [1.82, 2.24) is 9.97 Å². The summed E-state index contributed by atoms with van der Waals surface area (Å²) in [6.45, 7) is 5.09. The Balaban J connectivity index is 1.44. The molecule has 2 unspecified atom stereocenters. The Morgan fingerprint density at radius 2 is 1.69 bits per heavy atom. The summed E-state index contributed by atoms with van der Waals surface area (Å²) in [7, 11) is 0. The maximum absolute atomic E-state index is 5.97. The standard InChI is InChI=1S/C23H32N2O/c1-3-7-19-8-4-5-9-20(19)10-6-15-26-22-13-11-21(12-14-22)23-17-24-18(2)16-25-23/h11-14,16-17,19-20H,3-10,15H2,1-2H3. The molecule has 1 heterocycles. The Bertz CT molecular complexity index is 649. The van der Waals surface area contributed by atoms with E-state index in [1.54, 1.807) is 6.20 Å². The van der Waals surface area contributed by atoms with Crippen LogP contribution in [0.15, 0.2) is 36.7 Å². The second-order valence-electron chi connectivity index (χ2n) is 7.65. The minimum absolute atomic E-state index is 0.818. The Morgan fingerprint density at radius 1 is 0.962 bits per heavy atom. The first kappa shape index (κ1) is 18.9. The van der Waals surface area contributed by atoms with Crippen LogP contribution in [0.25, 0.3) is 11.3 Å². The lowest BCUT2D eigenvalue weighted by Gasteiger charge is -2.31. The molecule has 2 aromatic rings. The molecule has 0 N–H and O–H groups in total. The van der Waals surface area contributed by atoms with Crippen molar-refractivity contribution in [1.29, 1.82) is 0 Å². The highest BCUT2D eigenvalue weighted by molar-refractivity contribution is 5.58. The first-order valence-corrected chi connectivity index (χ1v) is 10.3. The SMILES string of the molecule is CCCC1CCCCC1CCCOc1ccc(-c2cnc(C)cn2)cc1. The Hall–Kier alpha value is -1.90. The molecule has 0 saturated heterocycles. The third-order valence-electron chi connectivity index (χ3n) is 5.64. The highest BCUT2D eigenvalue weighted by Gasteiger charge is 2.23. The van der Waals surface area contributed by atoms with Crippen molar-refractivity contribution in [2.24, 2.45) is 11.8 Å². The van der Waals surface area contributed by atoms with Gasteiger partial charge in [-0.15, -0.1) is 0 Å². The van der Waals surface area contributed by atoms with Crippen LogP contribution >= 0.6 is 0 Å². The highest BCUT2D eigenvalue weighted by atomic mass is 16.5. The second kappa shape index (κ2) is 9.70. The van der Waals surface area contributed by atoms with Crippen molar-refractivity contribution in [2.75, 3.05) is 6.61 Å². The van der Waals surface area contributed by atoms with Gasteiger partial charge in [0.1, 0.15) is 5.75 Å². The van der Waals surface area contributed by atoms with Gasteiger partial charge in [-0.25, -0.2) is 0 Å². The maximum Gasteiger partial charge on any atom is 0.119 e. The van der Waals surface area contributed by atoms with Gasteiger partial charge in [-0.3, -0.25) is 9.97 Å². The van der Waals surface area contributed by atoms with E-state index in [1.807, 2.05) is 25.3 Å². The molecular formula is C23H32N2O. The summed E-state index contributed by atoms with van der Waals surface area (Å²) >= 11 is 0. The first-order valence-electron chi connectivity index (χ1n) is 10.3. The van der Waals surface area contributed by atoms with Crippen molar-refractivity contribution in [3.05, 3.63) is 42.4 Å². The summed E-state index contributed by atoms with van der Waals surface area (Å²) in [6.07, 6.45) is 14.6. The fourth-order valence-electron chi connectivity index (χ4n) is 4.21. The average molecular weight is 353 g/mol. The van der Waals surface area contributed by atoms with Gasteiger partial charge in [-0.2, -0.15) is 0 Å². The smallest absolute Gasteiger partial charge is 0.119 e. The van der Waals surface area contributed by atoms with E-state index < -0.39 is 0 Å². The molecular weight excluding hydrogens is 320 g/mol. The fourth-order valence-corrected chi connectivity index (χ4v) is 4.21. The van der Waals surface area contributed by atoms with Crippen molar-refractivity contribution < 1.29 is 4.74 Å². The molecule has 1 aromatic carbocycles. The second-order valence-corrected chi connectivity index (χ2v) is 7.65. The van der Waals surface area contributed by atoms with Gasteiger partial charge in [-0.1, -0.05) is 45.4 Å². The van der Waals surface area contributed by atoms with E-state index >= 15 is 0 Å². The Labute approximate surface area is 158 Å². The van der Waals surface area contributed by atoms with Crippen LogP contribution in [-0.4, -0.2) is 16.6 Å². The molecule has 1 aliphatic carbocycles. The number of benzene rings is 1. The van der Waals surface area contributed by atoms with Crippen LogP contribution in [0.3, 0.4) is 0 Å². The molecule has 1 aromatic heterocycles. The monoisotopic (exact) mass is 352 g/mol. The molecule has 3 nitrogen and oxygen atoms in total. The number of rotatable bonds is 8. The topological polar surface area (TPSA) is 35.0 Å². The molecule has 3 rings (SSSR count). The predicted molar refractivity (Wildman–Crippen MR) is 107 cm³/mol. The van der Waals surface area contributed by atoms with Gasteiger partial charge in [0.25, 0.3) is 0 Å². The average Bonchev–Trinajstić information content (AvgIpc) is 2.68. The van der Waals surface area contributed by atoms with E-state index in [0.717, 1.165) is 47.6 Å². The van der Waals surface area contributed by atoms with Crippen LogP contribution < -0.4 is 4.74 Å². The highest BCUT2D eigenvalue weighted by Crippen LogP contribution is 2.36. The summed E-state index contributed by atoms with van der Waals surface area (Å²) in [5.41, 5.74) is 2.92. The van der Waals surface area contributed by atoms with Crippen LogP contribution in [0.1, 0.15) is 64.0 Å². The van der Waals surface area contributed by atoms with Gasteiger partial charge in [0, 0.05) is 11.8 Å². The van der Waals surface area contributed by atoms with Gasteiger partial charge in [-0.05, 0) is 55.9 Å². The minimum Gasteiger partial charge on any atom is -0.494 e. The lowest BCUT2D eigenvalue weighted by molar-refractivity contribution is 0.193. The molecule has 1 fully saturated rings. The molecule has 0 radical (unpaired) electrons. The van der Waals surface area contributed by atoms with Gasteiger partial charge in [0.15, 0.2) is 0 Å². The van der Waals surface area contributed by atoms with Crippen LogP contribution in [0.5, 0.6) is 5.75 Å². The van der Waals surface area contributed by atoms with E-state index in [4.69, 9.17) is 4.74 Å². The van der Waals surface area contributed by atoms with Gasteiger partial charge in [0.2, 0.25) is 0 Å².